The second-order valence-electron chi connectivity index (χ2n) is 6.14. The minimum Gasteiger partial charge on any atom is -0.480 e. The minimum absolute atomic E-state index is 0.0518. The first-order valence-corrected chi connectivity index (χ1v) is 10.5. The number of sulfonamides is 1. The number of rotatable bonds is 13. The summed E-state index contributed by atoms with van der Waals surface area (Å²) in [6.07, 6.45) is 0.0544. The van der Waals surface area contributed by atoms with Crippen LogP contribution in [0.3, 0.4) is 0 Å². The van der Waals surface area contributed by atoms with Crippen molar-refractivity contribution in [2.24, 2.45) is 16.5 Å². The van der Waals surface area contributed by atoms with Crippen molar-refractivity contribution in [1.82, 2.24) is 15.4 Å². The molecule has 13 heteroatoms. The second-order valence-corrected chi connectivity index (χ2v) is 7.85. The van der Waals surface area contributed by atoms with Crippen LogP contribution in [0.4, 0.5) is 0 Å². The Morgan fingerprint density at radius 3 is 2.20 bits per heavy atom. The lowest BCUT2D eigenvalue weighted by Gasteiger charge is -2.15. The zero-order chi connectivity index (χ0) is 22.6. The number of hydrogen-bond donors (Lipinski definition) is 6. The van der Waals surface area contributed by atoms with E-state index in [2.05, 4.69) is 15.6 Å². The molecule has 0 unspecified atom stereocenters. The van der Waals surface area contributed by atoms with Gasteiger partial charge in [0, 0.05) is 26.1 Å². The molecule has 12 nitrogen and oxygen atoms in total. The molecule has 0 aromatic heterocycles. The minimum atomic E-state index is -4.10. The highest BCUT2D eigenvalue weighted by Crippen LogP contribution is 2.09. The summed E-state index contributed by atoms with van der Waals surface area (Å²) in [4.78, 5) is 38.5. The first-order valence-electron chi connectivity index (χ1n) is 9.01. The fraction of sp³-hybridized carbons (Fsp3) is 0.412. The third-order valence-electron chi connectivity index (χ3n) is 3.66. The van der Waals surface area contributed by atoms with Gasteiger partial charge in [0.25, 0.3) is 0 Å². The molecule has 0 heterocycles. The predicted octanol–water partition coefficient (Wildman–Crippen LogP) is -1.91. The fourth-order valence-corrected chi connectivity index (χ4v) is 3.44. The average Bonchev–Trinajstić information content (AvgIpc) is 2.68. The molecule has 0 saturated carbocycles. The first-order chi connectivity index (χ1) is 14.1. The molecular weight excluding hydrogens is 416 g/mol. The van der Waals surface area contributed by atoms with E-state index in [0.717, 1.165) is 0 Å². The first kappa shape index (κ1) is 24.8. The normalized spacial score (nSPS) is 11.9. The van der Waals surface area contributed by atoms with Gasteiger partial charge < -0.3 is 27.2 Å². The molecule has 30 heavy (non-hydrogen) atoms. The third-order valence-corrected chi connectivity index (χ3v) is 5.15. The number of carboxylic acids is 1. The van der Waals surface area contributed by atoms with Crippen LogP contribution in [0.25, 0.3) is 0 Å². The van der Waals surface area contributed by atoms with Crippen molar-refractivity contribution in [3.05, 3.63) is 30.3 Å². The quantitative estimate of drug-likeness (QED) is 0.115. The van der Waals surface area contributed by atoms with Crippen LogP contribution in [0.15, 0.2) is 40.2 Å². The van der Waals surface area contributed by atoms with Crippen LogP contribution < -0.4 is 26.8 Å². The maximum Gasteiger partial charge on any atom is 0.322 e. The van der Waals surface area contributed by atoms with Crippen molar-refractivity contribution in [2.75, 3.05) is 19.6 Å². The number of nitrogens with one attached hydrogen (secondary N) is 3. The summed E-state index contributed by atoms with van der Waals surface area (Å²) in [7, 11) is -4.10. The van der Waals surface area contributed by atoms with Gasteiger partial charge in [0.15, 0.2) is 5.96 Å². The largest absolute Gasteiger partial charge is 0.480 e. The monoisotopic (exact) mass is 442 g/mol. The van der Waals surface area contributed by atoms with Crippen molar-refractivity contribution in [3.63, 3.8) is 0 Å². The lowest BCUT2D eigenvalue weighted by atomic mass is 10.2. The summed E-state index contributed by atoms with van der Waals surface area (Å²) >= 11 is 0. The summed E-state index contributed by atoms with van der Waals surface area (Å²) < 4.78 is 26.5. The van der Waals surface area contributed by atoms with Crippen LogP contribution in [-0.2, 0) is 24.4 Å². The number of carboxylic acid groups (broad SMARTS) is 1. The highest BCUT2D eigenvalue weighted by Gasteiger charge is 2.27. The van der Waals surface area contributed by atoms with Gasteiger partial charge in [0.05, 0.1) is 11.3 Å². The number of nitrogens with zero attached hydrogens (tertiary/aromatic N) is 1. The van der Waals surface area contributed by atoms with Crippen molar-refractivity contribution in [3.8, 4) is 0 Å². The average molecular weight is 442 g/mol. The molecule has 1 aromatic rings. The molecule has 0 aliphatic rings. The van der Waals surface area contributed by atoms with Crippen molar-refractivity contribution < 1.29 is 27.9 Å². The van der Waals surface area contributed by atoms with E-state index in [1.165, 1.54) is 24.3 Å². The Hall–Kier alpha value is -3.19. The Morgan fingerprint density at radius 1 is 1.03 bits per heavy atom. The Kier molecular flexibility index (Phi) is 10.3. The van der Waals surface area contributed by atoms with E-state index < -0.39 is 34.4 Å². The number of hydrogen-bond acceptors (Lipinski definition) is 6. The van der Waals surface area contributed by atoms with Gasteiger partial charge in [-0.2, -0.15) is 4.72 Å². The van der Waals surface area contributed by atoms with Gasteiger partial charge in [-0.3, -0.25) is 19.4 Å². The molecule has 0 aliphatic heterocycles. The lowest BCUT2D eigenvalue weighted by molar-refractivity contribution is -0.141. The molecule has 0 radical (unpaired) electrons. The molecule has 2 amide bonds. The molecule has 0 fully saturated rings. The molecule has 0 saturated heterocycles. The van der Waals surface area contributed by atoms with E-state index in [1.54, 1.807) is 6.07 Å². The van der Waals surface area contributed by atoms with E-state index in [0.29, 0.717) is 13.0 Å². The second kappa shape index (κ2) is 12.4. The van der Waals surface area contributed by atoms with Crippen molar-refractivity contribution >= 4 is 33.8 Å². The van der Waals surface area contributed by atoms with E-state index in [9.17, 15) is 27.9 Å². The van der Waals surface area contributed by atoms with Gasteiger partial charge in [0.2, 0.25) is 21.8 Å². The number of aliphatic carboxylic acids is 1. The van der Waals surface area contributed by atoms with Crippen molar-refractivity contribution in [2.45, 2.75) is 30.2 Å². The number of nitrogens with two attached hydrogens (primary N) is 2. The van der Waals surface area contributed by atoms with Crippen molar-refractivity contribution in [1.29, 1.82) is 0 Å². The molecule has 1 atom stereocenters. The van der Waals surface area contributed by atoms with Crippen LogP contribution >= 0.6 is 0 Å². The molecule has 0 bridgehead atoms. The van der Waals surface area contributed by atoms with Gasteiger partial charge in [-0.15, -0.1) is 0 Å². The molecule has 8 N–H and O–H groups in total. The molecular formula is C17H26N6O6S. The number of aliphatic imine (C=N–C) groups is 1. The van der Waals surface area contributed by atoms with E-state index in [-0.39, 0.29) is 36.3 Å². The topological polar surface area (TPSA) is 206 Å². The van der Waals surface area contributed by atoms with Crippen LogP contribution in [0.2, 0.25) is 0 Å². The van der Waals surface area contributed by atoms with Gasteiger partial charge in [-0.05, 0) is 18.6 Å². The van der Waals surface area contributed by atoms with Crippen LogP contribution in [0.1, 0.15) is 19.3 Å². The number of carbonyl (C=O) groups is 3. The zero-order valence-electron chi connectivity index (χ0n) is 16.2. The van der Waals surface area contributed by atoms with Gasteiger partial charge in [0.1, 0.15) is 6.04 Å². The summed E-state index contributed by atoms with van der Waals surface area (Å²) in [6, 6.07) is 5.57. The van der Waals surface area contributed by atoms with E-state index in [4.69, 9.17) is 11.5 Å². The number of guanidine groups is 1. The highest BCUT2D eigenvalue weighted by atomic mass is 32.2. The smallest absolute Gasteiger partial charge is 0.322 e. The van der Waals surface area contributed by atoms with Gasteiger partial charge >= 0.3 is 5.97 Å². The number of amides is 2. The maximum absolute atomic E-state index is 12.2. The predicted molar refractivity (Wildman–Crippen MR) is 109 cm³/mol. The molecule has 1 rings (SSSR count). The summed E-state index contributed by atoms with van der Waals surface area (Å²) in [5.74, 6) is -2.48. The number of carbonyl (C=O) groups excluding carboxylic acids is 2. The van der Waals surface area contributed by atoms with Crippen LogP contribution in [0.5, 0.6) is 0 Å². The Bertz CT molecular complexity index is 855. The molecule has 0 spiro atoms. The zero-order valence-corrected chi connectivity index (χ0v) is 17.0. The maximum atomic E-state index is 12.2. The van der Waals surface area contributed by atoms with Gasteiger partial charge in [-0.1, -0.05) is 18.2 Å². The SMILES string of the molecule is NC(N)=NCCCC(=O)NCCNC(=O)C[C@H](NS(=O)(=O)c1ccccc1)C(=O)O. The summed E-state index contributed by atoms with van der Waals surface area (Å²) in [6.45, 7) is 0.499. The van der Waals surface area contributed by atoms with Crippen LogP contribution in [-0.4, -0.2) is 62.9 Å². The summed E-state index contributed by atoms with van der Waals surface area (Å²) in [5.41, 5.74) is 10.3. The Balaban J connectivity index is 2.40. The number of benzene rings is 1. The van der Waals surface area contributed by atoms with E-state index in [1.807, 2.05) is 4.72 Å². The van der Waals surface area contributed by atoms with Gasteiger partial charge in [-0.25, -0.2) is 8.42 Å². The Labute approximate surface area is 174 Å². The van der Waals surface area contributed by atoms with Crippen LogP contribution in [0, 0.1) is 0 Å². The standard InChI is InChI=1S/C17H26N6O6S/c18-17(19)22-8-4-7-14(24)20-9-10-21-15(25)11-13(16(26)27)23-30(28,29)12-5-2-1-3-6-12/h1-3,5-6,13,23H,4,7-11H2,(H,20,24)(H,21,25)(H,26,27)(H4,18,19,22)/t13-/m0/s1. The molecule has 1 aromatic carbocycles. The summed E-state index contributed by atoms with van der Waals surface area (Å²) in [5, 5.41) is 14.2. The van der Waals surface area contributed by atoms with E-state index >= 15 is 0 Å². The molecule has 0 aliphatic carbocycles. The molecule has 166 valence electrons. The third kappa shape index (κ3) is 9.84. The highest BCUT2D eigenvalue weighted by molar-refractivity contribution is 7.89. The Morgan fingerprint density at radius 2 is 1.63 bits per heavy atom. The lowest BCUT2D eigenvalue weighted by Crippen LogP contribution is -2.44. The fourth-order valence-electron chi connectivity index (χ4n) is 2.23.